The maximum Gasteiger partial charge on any atom is 0.118 e. The summed E-state index contributed by atoms with van der Waals surface area (Å²) in [6, 6.07) is 16.1. The van der Waals surface area contributed by atoms with E-state index in [4.69, 9.17) is 26.7 Å². The molecule has 140 valence electrons. The zero-order valence-corrected chi connectivity index (χ0v) is 17.5. The maximum atomic E-state index is 5.28. The summed E-state index contributed by atoms with van der Waals surface area (Å²) in [6.07, 6.45) is 0. The predicted octanol–water partition coefficient (Wildman–Crippen LogP) is 5.27. The summed E-state index contributed by atoms with van der Waals surface area (Å²) in [5.74, 6) is 1.67. The van der Waals surface area contributed by atoms with E-state index in [1.54, 1.807) is 25.6 Å². The van der Waals surface area contributed by atoms with Gasteiger partial charge in [0.25, 0.3) is 0 Å². The molecule has 0 fully saturated rings. The quantitative estimate of drug-likeness (QED) is 0.528. The van der Waals surface area contributed by atoms with Crippen LogP contribution in [0, 0.1) is 0 Å². The van der Waals surface area contributed by atoms with Crippen LogP contribution in [-0.4, -0.2) is 36.1 Å². The Morgan fingerprint density at radius 2 is 1.48 bits per heavy atom. The van der Waals surface area contributed by atoms with Crippen LogP contribution in [0.25, 0.3) is 21.7 Å². The lowest BCUT2D eigenvalue weighted by atomic mass is 10.1. The molecule has 0 N–H and O–H groups in total. The first-order chi connectivity index (χ1) is 13.0. The Kier molecular flexibility index (Phi) is 6.08. The van der Waals surface area contributed by atoms with Gasteiger partial charge in [0.15, 0.2) is 0 Å². The highest BCUT2D eigenvalue weighted by atomic mass is 32.1. The van der Waals surface area contributed by atoms with Crippen LogP contribution in [0.3, 0.4) is 0 Å². The van der Waals surface area contributed by atoms with Crippen molar-refractivity contribution in [3.63, 3.8) is 0 Å². The molecule has 2 aromatic carbocycles. The Hall–Kier alpha value is -2.44. The number of rotatable bonds is 6. The number of ether oxygens (including phenoxy) is 2. The smallest absolute Gasteiger partial charge is 0.118 e. The van der Waals surface area contributed by atoms with Gasteiger partial charge in [-0.3, -0.25) is 0 Å². The summed E-state index contributed by atoms with van der Waals surface area (Å²) in [7, 11) is 5.33. The number of nitrogens with zero attached hydrogens (tertiary/aromatic N) is 2. The second kappa shape index (κ2) is 8.50. The predicted molar refractivity (Wildman–Crippen MR) is 116 cm³/mol. The van der Waals surface area contributed by atoms with E-state index in [9.17, 15) is 0 Å². The van der Waals surface area contributed by atoms with Crippen LogP contribution >= 0.6 is 23.6 Å². The SMILES string of the molecule is COc1ccc(-c2nc(CN(C)C(C)=S)sc2-c2ccc(OC)cc2)cc1. The fourth-order valence-corrected chi connectivity index (χ4v) is 3.84. The van der Waals surface area contributed by atoms with Crippen LogP contribution in [0.1, 0.15) is 11.9 Å². The van der Waals surface area contributed by atoms with Gasteiger partial charge in [-0.15, -0.1) is 11.3 Å². The first-order valence-electron chi connectivity index (χ1n) is 8.52. The topological polar surface area (TPSA) is 34.6 Å². The molecule has 3 rings (SSSR count). The second-order valence-electron chi connectivity index (χ2n) is 6.12. The van der Waals surface area contributed by atoms with Crippen LogP contribution in [0.15, 0.2) is 48.5 Å². The Balaban J connectivity index is 2.04. The number of thiocarbonyl (C=S) groups is 1. The van der Waals surface area contributed by atoms with E-state index in [1.807, 2.05) is 55.3 Å². The third kappa shape index (κ3) is 4.46. The van der Waals surface area contributed by atoms with Gasteiger partial charge in [-0.1, -0.05) is 12.2 Å². The summed E-state index contributed by atoms with van der Waals surface area (Å²) < 4.78 is 10.6. The molecule has 0 spiro atoms. The van der Waals surface area contributed by atoms with E-state index in [0.717, 1.165) is 43.2 Å². The third-order valence-corrected chi connectivity index (χ3v) is 5.70. The van der Waals surface area contributed by atoms with Gasteiger partial charge >= 0.3 is 0 Å². The minimum absolute atomic E-state index is 0.694. The molecule has 0 saturated heterocycles. The Morgan fingerprint density at radius 3 is 1.96 bits per heavy atom. The first kappa shape index (κ1) is 19.3. The number of methoxy groups -OCH3 is 2. The minimum atomic E-state index is 0.694. The summed E-state index contributed by atoms with van der Waals surface area (Å²) in [6.45, 7) is 2.62. The van der Waals surface area contributed by atoms with E-state index in [0.29, 0.717) is 6.54 Å². The molecule has 3 aromatic rings. The fraction of sp³-hybridized carbons (Fsp3) is 0.238. The van der Waals surface area contributed by atoms with Crippen LogP contribution in [0.5, 0.6) is 11.5 Å². The molecule has 1 aromatic heterocycles. The molecule has 0 atom stereocenters. The van der Waals surface area contributed by atoms with E-state index in [1.165, 1.54) is 0 Å². The van der Waals surface area contributed by atoms with Crippen LogP contribution in [0.4, 0.5) is 0 Å². The largest absolute Gasteiger partial charge is 0.497 e. The third-order valence-electron chi connectivity index (χ3n) is 4.30. The number of hydrogen-bond donors (Lipinski definition) is 0. The molecule has 0 amide bonds. The fourth-order valence-electron chi connectivity index (χ4n) is 2.63. The molecule has 0 aliphatic heterocycles. The van der Waals surface area contributed by atoms with Crippen LogP contribution in [-0.2, 0) is 6.54 Å². The average Bonchev–Trinajstić information content (AvgIpc) is 3.11. The monoisotopic (exact) mass is 398 g/mol. The maximum absolute atomic E-state index is 5.28. The molecule has 0 bridgehead atoms. The highest BCUT2D eigenvalue weighted by Gasteiger charge is 2.16. The molecule has 0 radical (unpaired) electrons. The number of benzene rings is 2. The molecule has 6 heteroatoms. The van der Waals surface area contributed by atoms with E-state index < -0.39 is 0 Å². The first-order valence-corrected chi connectivity index (χ1v) is 9.74. The van der Waals surface area contributed by atoms with Gasteiger partial charge in [-0.2, -0.15) is 0 Å². The van der Waals surface area contributed by atoms with Crippen LogP contribution < -0.4 is 9.47 Å². The Morgan fingerprint density at radius 1 is 0.963 bits per heavy atom. The molecule has 0 aliphatic carbocycles. The summed E-state index contributed by atoms with van der Waals surface area (Å²) >= 11 is 6.97. The standard InChI is InChI=1S/C21H22N2O2S2/c1-14(26)23(2)13-19-22-20(15-5-9-17(24-3)10-6-15)21(27-19)16-7-11-18(25-4)12-8-16/h5-12H,13H2,1-4H3. The van der Waals surface area contributed by atoms with Gasteiger partial charge in [0.2, 0.25) is 0 Å². The molecule has 4 nitrogen and oxygen atoms in total. The van der Waals surface area contributed by atoms with Gasteiger partial charge in [-0.25, -0.2) is 4.98 Å². The van der Waals surface area contributed by atoms with E-state index in [2.05, 4.69) is 12.1 Å². The zero-order valence-electron chi connectivity index (χ0n) is 15.9. The molecule has 0 unspecified atom stereocenters. The molecule has 0 aliphatic rings. The minimum Gasteiger partial charge on any atom is -0.497 e. The molecular weight excluding hydrogens is 376 g/mol. The van der Waals surface area contributed by atoms with Gasteiger partial charge in [0, 0.05) is 12.6 Å². The van der Waals surface area contributed by atoms with Crippen molar-refractivity contribution in [2.45, 2.75) is 13.5 Å². The van der Waals surface area contributed by atoms with Crippen molar-refractivity contribution in [2.24, 2.45) is 0 Å². The summed E-state index contributed by atoms with van der Waals surface area (Å²) in [5.41, 5.74) is 3.15. The zero-order chi connectivity index (χ0) is 19.4. The number of hydrogen-bond acceptors (Lipinski definition) is 5. The van der Waals surface area contributed by atoms with Gasteiger partial charge < -0.3 is 14.4 Å². The van der Waals surface area contributed by atoms with E-state index in [-0.39, 0.29) is 0 Å². The van der Waals surface area contributed by atoms with Gasteiger partial charge in [-0.05, 0) is 61.0 Å². The lowest BCUT2D eigenvalue weighted by molar-refractivity contribution is 0.414. The van der Waals surface area contributed by atoms with E-state index >= 15 is 0 Å². The van der Waals surface area contributed by atoms with Gasteiger partial charge in [0.05, 0.1) is 36.3 Å². The molecule has 27 heavy (non-hydrogen) atoms. The molecule has 1 heterocycles. The Labute approximate surface area is 169 Å². The van der Waals surface area contributed by atoms with Crippen molar-refractivity contribution in [3.8, 4) is 33.2 Å². The summed E-state index contributed by atoms with van der Waals surface area (Å²) in [5, 5.41) is 1.03. The Bertz CT molecular complexity index is 853. The lowest BCUT2D eigenvalue weighted by Crippen LogP contribution is -2.21. The van der Waals surface area contributed by atoms with Crippen molar-refractivity contribution < 1.29 is 9.47 Å². The second-order valence-corrected chi connectivity index (χ2v) is 7.79. The van der Waals surface area contributed by atoms with Crippen molar-refractivity contribution in [3.05, 3.63) is 53.5 Å². The van der Waals surface area contributed by atoms with Crippen molar-refractivity contribution in [1.29, 1.82) is 0 Å². The number of aromatic nitrogens is 1. The van der Waals surface area contributed by atoms with Crippen LogP contribution in [0.2, 0.25) is 0 Å². The normalized spacial score (nSPS) is 10.5. The van der Waals surface area contributed by atoms with Crippen molar-refractivity contribution >= 4 is 28.5 Å². The van der Waals surface area contributed by atoms with Crippen molar-refractivity contribution in [1.82, 2.24) is 9.88 Å². The highest BCUT2D eigenvalue weighted by Crippen LogP contribution is 2.38. The highest BCUT2D eigenvalue weighted by molar-refractivity contribution is 7.80. The number of thiazole rings is 1. The summed E-state index contributed by atoms with van der Waals surface area (Å²) in [4.78, 5) is 8.94. The lowest BCUT2D eigenvalue weighted by Gasteiger charge is -2.14. The average molecular weight is 399 g/mol. The van der Waals surface area contributed by atoms with Gasteiger partial charge in [0.1, 0.15) is 16.5 Å². The molecule has 0 saturated carbocycles. The van der Waals surface area contributed by atoms with Crippen molar-refractivity contribution in [2.75, 3.05) is 21.3 Å². The molecular formula is C21H22N2O2S2.